The molecule has 2 rings (SSSR count). The Labute approximate surface area is 115 Å². The van der Waals surface area contributed by atoms with Crippen molar-refractivity contribution in [2.75, 3.05) is 17.2 Å². The molecule has 2 aromatic rings. The average Bonchev–Trinajstić information content (AvgIpc) is 2.82. The Kier molecular flexibility index (Phi) is 4.14. The molecule has 0 fully saturated rings. The zero-order valence-electron chi connectivity index (χ0n) is 11.2. The molecular weight excluding hydrogens is 262 g/mol. The molecule has 2 N–H and O–H groups in total. The molecule has 8 nitrogen and oxygen atoms in total. The molecule has 0 bridgehead atoms. The second-order valence-corrected chi connectivity index (χ2v) is 4.14. The lowest BCUT2D eigenvalue weighted by atomic mass is 10.2. The van der Waals surface area contributed by atoms with Crippen molar-refractivity contribution in [3.8, 4) is 0 Å². The van der Waals surface area contributed by atoms with Crippen molar-refractivity contribution < 1.29 is 9.45 Å². The van der Waals surface area contributed by atoms with E-state index in [0.29, 0.717) is 36.2 Å². The number of aromatic nitrogens is 2. The topological polar surface area (TPSA) is 106 Å². The minimum Gasteiger partial charge on any atom is -0.385 e. The van der Waals surface area contributed by atoms with Crippen LogP contribution in [0.15, 0.2) is 22.7 Å². The van der Waals surface area contributed by atoms with Gasteiger partial charge in [0.1, 0.15) is 0 Å². The normalized spacial score (nSPS) is 10.3. The molecule has 0 aliphatic carbocycles. The third-order valence-corrected chi connectivity index (χ3v) is 2.52. The van der Waals surface area contributed by atoms with Gasteiger partial charge in [0.2, 0.25) is 5.89 Å². The van der Waals surface area contributed by atoms with Gasteiger partial charge in [0.25, 0.3) is 5.69 Å². The van der Waals surface area contributed by atoms with Crippen LogP contribution in [0.5, 0.6) is 0 Å². The van der Waals surface area contributed by atoms with Crippen LogP contribution in [-0.4, -0.2) is 21.6 Å². The number of hydrogen-bond donors (Lipinski definition) is 2. The SMILES string of the molecule is CCNc1cc(NCc2nc(C)no2)cc([N+](=O)[O-])c1. The smallest absolute Gasteiger partial charge is 0.273 e. The van der Waals surface area contributed by atoms with Crippen molar-refractivity contribution in [1.29, 1.82) is 0 Å². The van der Waals surface area contributed by atoms with Gasteiger partial charge in [-0.15, -0.1) is 0 Å². The van der Waals surface area contributed by atoms with Crippen molar-refractivity contribution in [3.63, 3.8) is 0 Å². The van der Waals surface area contributed by atoms with Crippen LogP contribution in [0.4, 0.5) is 17.1 Å². The standard InChI is InChI=1S/C12H15N5O3/c1-3-13-9-4-10(6-11(5-9)17(18)19)14-7-12-15-8(2)16-20-12/h4-6,13-14H,3,7H2,1-2H3. The lowest BCUT2D eigenvalue weighted by Crippen LogP contribution is -2.03. The summed E-state index contributed by atoms with van der Waals surface area (Å²) in [6.07, 6.45) is 0. The molecule has 8 heteroatoms. The summed E-state index contributed by atoms with van der Waals surface area (Å²) >= 11 is 0. The Morgan fingerprint density at radius 3 is 2.55 bits per heavy atom. The fourth-order valence-electron chi connectivity index (χ4n) is 1.71. The maximum absolute atomic E-state index is 10.9. The van der Waals surface area contributed by atoms with Crippen molar-refractivity contribution in [3.05, 3.63) is 40.0 Å². The lowest BCUT2D eigenvalue weighted by molar-refractivity contribution is -0.384. The molecule has 1 heterocycles. The summed E-state index contributed by atoms with van der Waals surface area (Å²) in [5.41, 5.74) is 1.32. The van der Waals surface area contributed by atoms with Gasteiger partial charge in [-0.1, -0.05) is 5.16 Å². The van der Waals surface area contributed by atoms with Gasteiger partial charge in [-0.2, -0.15) is 4.98 Å². The molecular formula is C12H15N5O3. The van der Waals surface area contributed by atoms with Crippen molar-refractivity contribution in [2.24, 2.45) is 0 Å². The van der Waals surface area contributed by atoms with Gasteiger partial charge in [0.05, 0.1) is 11.5 Å². The van der Waals surface area contributed by atoms with Crippen LogP contribution in [0.1, 0.15) is 18.6 Å². The van der Waals surface area contributed by atoms with Gasteiger partial charge >= 0.3 is 0 Å². The Morgan fingerprint density at radius 1 is 1.30 bits per heavy atom. The van der Waals surface area contributed by atoms with Crippen LogP contribution in [-0.2, 0) is 6.54 Å². The summed E-state index contributed by atoms with van der Waals surface area (Å²) in [7, 11) is 0. The second-order valence-electron chi connectivity index (χ2n) is 4.14. The van der Waals surface area contributed by atoms with E-state index in [2.05, 4.69) is 20.8 Å². The molecule has 0 amide bonds. The van der Waals surface area contributed by atoms with Gasteiger partial charge in [-0.05, 0) is 19.9 Å². The third-order valence-electron chi connectivity index (χ3n) is 2.52. The number of rotatable bonds is 6. The number of non-ortho nitro benzene ring substituents is 1. The third kappa shape index (κ3) is 3.44. The van der Waals surface area contributed by atoms with E-state index in [9.17, 15) is 10.1 Å². The monoisotopic (exact) mass is 277 g/mol. The van der Waals surface area contributed by atoms with E-state index in [4.69, 9.17) is 4.52 Å². The zero-order valence-corrected chi connectivity index (χ0v) is 11.2. The molecule has 106 valence electrons. The quantitative estimate of drug-likeness (QED) is 0.616. The minimum atomic E-state index is -0.428. The molecule has 1 aromatic heterocycles. The molecule has 1 aromatic carbocycles. The van der Waals surface area contributed by atoms with E-state index in [1.54, 1.807) is 13.0 Å². The van der Waals surface area contributed by atoms with Crippen molar-refractivity contribution in [1.82, 2.24) is 10.1 Å². The average molecular weight is 277 g/mol. The molecule has 0 saturated heterocycles. The van der Waals surface area contributed by atoms with Crippen LogP contribution < -0.4 is 10.6 Å². The minimum absolute atomic E-state index is 0.0210. The molecule has 0 atom stereocenters. The van der Waals surface area contributed by atoms with E-state index < -0.39 is 4.92 Å². The zero-order chi connectivity index (χ0) is 14.5. The first-order chi connectivity index (χ1) is 9.58. The number of nitro groups is 1. The summed E-state index contributed by atoms with van der Waals surface area (Å²) < 4.78 is 4.97. The highest BCUT2D eigenvalue weighted by Gasteiger charge is 2.10. The Morgan fingerprint density at radius 2 is 2.00 bits per heavy atom. The fourth-order valence-corrected chi connectivity index (χ4v) is 1.71. The maximum Gasteiger partial charge on any atom is 0.273 e. The maximum atomic E-state index is 10.9. The van der Waals surface area contributed by atoms with E-state index in [1.807, 2.05) is 6.92 Å². The van der Waals surface area contributed by atoms with Crippen LogP contribution in [0.3, 0.4) is 0 Å². The molecule has 0 aliphatic rings. The Balaban J connectivity index is 2.15. The van der Waals surface area contributed by atoms with Gasteiger partial charge in [-0.3, -0.25) is 10.1 Å². The van der Waals surface area contributed by atoms with E-state index >= 15 is 0 Å². The molecule has 0 saturated carbocycles. The number of hydrogen-bond acceptors (Lipinski definition) is 7. The largest absolute Gasteiger partial charge is 0.385 e. The van der Waals surface area contributed by atoms with E-state index in [1.165, 1.54) is 12.1 Å². The summed E-state index contributed by atoms with van der Waals surface area (Å²) in [5.74, 6) is 0.980. The van der Waals surface area contributed by atoms with Gasteiger partial charge in [0.15, 0.2) is 5.82 Å². The van der Waals surface area contributed by atoms with Crippen LogP contribution in [0.2, 0.25) is 0 Å². The Hall–Kier alpha value is -2.64. The van der Waals surface area contributed by atoms with Crippen molar-refractivity contribution in [2.45, 2.75) is 20.4 Å². The molecule has 0 unspecified atom stereocenters. The summed E-state index contributed by atoms with van der Waals surface area (Å²) in [5, 5.41) is 20.6. The first-order valence-corrected chi connectivity index (χ1v) is 6.15. The summed E-state index contributed by atoms with van der Waals surface area (Å²) in [6, 6.07) is 4.75. The number of nitro benzene ring substituents is 1. The second kappa shape index (κ2) is 6.00. The van der Waals surface area contributed by atoms with Crippen LogP contribution >= 0.6 is 0 Å². The first kappa shape index (κ1) is 13.8. The number of anilines is 2. The fraction of sp³-hybridized carbons (Fsp3) is 0.333. The van der Waals surface area contributed by atoms with Crippen LogP contribution in [0.25, 0.3) is 0 Å². The van der Waals surface area contributed by atoms with Crippen LogP contribution in [0, 0.1) is 17.0 Å². The lowest BCUT2D eigenvalue weighted by Gasteiger charge is -2.08. The number of nitrogens with one attached hydrogen (secondary N) is 2. The molecule has 0 spiro atoms. The highest BCUT2D eigenvalue weighted by Crippen LogP contribution is 2.24. The highest BCUT2D eigenvalue weighted by molar-refractivity contribution is 5.63. The van der Waals surface area contributed by atoms with Gasteiger partial charge < -0.3 is 15.2 Å². The van der Waals surface area contributed by atoms with E-state index in [-0.39, 0.29) is 5.69 Å². The van der Waals surface area contributed by atoms with E-state index in [0.717, 1.165) is 0 Å². The number of aryl methyl sites for hydroxylation is 1. The first-order valence-electron chi connectivity index (χ1n) is 6.15. The molecule has 20 heavy (non-hydrogen) atoms. The summed E-state index contributed by atoms with van der Waals surface area (Å²) in [6.45, 7) is 4.65. The highest BCUT2D eigenvalue weighted by atomic mass is 16.6. The molecule has 0 radical (unpaired) electrons. The predicted octanol–water partition coefficient (Wildman–Crippen LogP) is 2.33. The number of benzene rings is 1. The molecule has 0 aliphatic heterocycles. The van der Waals surface area contributed by atoms with Gasteiger partial charge in [0, 0.05) is 30.1 Å². The summed E-state index contributed by atoms with van der Waals surface area (Å²) in [4.78, 5) is 14.5. The number of nitrogens with zero attached hydrogens (tertiary/aromatic N) is 3. The van der Waals surface area contributed by atoms with Crippen molar-refractivity contribution >= 4 is 17.1 Å². The predicted molar refractivity (Wildman–Crippen MR) is 73.6 cm³/mol. The van der Waals surface area contributed by atoms with Gasteiger partial charge in [-0.25, -0.2) is 0 Å². The Bertz CT molecular complexity index is 611.